The lowest BCUT2D eigenvalue weighted by molar-refractivity contribution is 0.311. The van der Waals surface area contributed by atoms with E-state index in [0.29, 0.717) is 5.82 Å². The number of piperazine rings is 1. The number of pyridine rings is 2. The highest BCUT2D eigenvalue weighted by Crippen LogP contribution is 2.33. The fraction of sp³-hybridized carbons (Fsp3) is 0.250. The van der Waals surface area contributed by atoms with Crippen LogP contribution in [0.25, 0.3) is 32.0 Å². The molecule has 8 nitrogen and oxygen atoms in total. The Balaban J connectivity index is 1.26. The zero-order valence-electron chi connectivity index (χ0n) is 21.1. The highest BCUT2D eigenvalue weighted by atomic mass is 32.1. The molecule has 4 aromatic heterocycles. The molecule has 5 heterocycles. The Bertz CT molecular complexity index is 1570. The highest BCUT2D eigenvalue weighted by Gasteiger charge is 2.18. The number of hydrogen-bond acceptors (Lipinski definition) is 9. The Morgan fingerprint density at radius 1 is 0.838 bits per heavy atom. The van der Waals surface area contributed by atoms with E-state index in [9.17, 15) is 0 Å². The van der Waals surface area contributed by atoms with Gasteiger partial charge in [0.25, 0.3) is 0 Å². The van der Waals surface area contributed by atoms with Gasteiger partial charge in [-0.25, -0.2) is 15.0 Å². The van der Waals surface area contributed by atoms with Crippen LogP contribution in [0.3, 0.4) is 0 Å². The minimum Gasteiger partial charge on any atom is -0.338 e. The minimum atomic E-state index is 0.713. The summed E-state index contributed by atoms with van der Waals surface area (Å²) in [7, 11) is 2.14. The number of aromatic nitrogens is 5. The lowest BCUT2D eigenvalue weighted by Gasteiger charge is -2.32. The Hall–Kier alpha value is -3.95. The molecule has 9 heteroatoms. The van der Waals surface area contributed by atoms with Crippen LogP contribution < -0.4 is 10.2 Å². The molecule has 0 bridgehead atoms. The van der Waals surface area contributed by atoms with Gasteiger partial charge in [-0.2, -0.15) is 4.98 Å². The second-order valence-electron chi connectivity index (χ2n) is 9.42. The van der Waals surface area contributed by atoms with Crippen LogP contribution in [0.2, 0.25) is 0 Å². The first kappa shape index (κ1) is 23.4. The second-order valence-corrected chi connectivity index (χ2v) is 10.4. The molecule has 1 aromatic carbocycles. The van der Waals surface area contributed by atoms with E-state index in [1.165, 1.54) is 0 Å². The molecular formula is C28H28N8S. The van der Waals surface area contributed by atoms with Crippen molar-refractivity contribution in [2.24, 2.45) is 0 Å². The number of nitrogens with one attached hydrogen (secondary N) is 1. The summed E-state index contributed by atoms with van der Waals surface area (Å²) in [5.41, 5.74) is 6.13. The second kappa shape index (κ2) is 9.84. The Labute approximate surface area is 220 Å². The van der Waals surface area contributed by atoms with E-state index in [1.54, 1.807) is 11.3 Å². The molecule has 0 spiro atoms. The summed E-state index contributed by atoms with van der Waals surface area (Å²) in [4.78, 5) is 28.1. The SMILES string of the molecule is Cc1cc(Nc2cc3nc(-c4cccc(-c5ncccc5C)c4)sc3cn2)nc(N2CCN(C)CC2)n1. The third-order valence-corrected chi connectivity index (χ3v) is 7.61. The first-order chi connectivity index (χ1) is 18.0. The van der Waals surface area contributed by atoms with E-state index >= 15 is 0 Å². The number of nitrogens with zero attached hydrogens (tertiary/aromatic N) is 7. The monoisotopic (exact) mass is 508 g/mol. The molecule has 0 aliphatic carbocycles. The quantitative estimate of drug-likeness (QED) is 0.341. The van der Waals surface area contributed by atoms with E-state index < -0.39 is 0 Å². The summed E-state index contributed by atoms with van der Waals surface area (Å²) in [6, 6.07) is 16.4. The molecule has 5 aromatic rings. The Morgan fingerprint density at radius 3 is 2.51 bits per heavy atom. The fourth-order valence-corrected chi connectivity index (χ4v) is 5.42. The molecule has 1 aliphatic rings. The van der Waals surface area contributed by atoms with E-state index in [2.05, 4.69) is 74.4 Å². The largest absolute Gasteiger partial charge is 0.338 e. The molecular weight excluding hydrogens is 480 g/mol. The van der Waals surface area contributed by atoms with Gasteiger partial charge in [0.05, 0.1) is 15.9 Å². The molecule has 1 aliphatic heterocycles. The van der Waals surface area contributed by atoms with E-state index in [4.69, 9.17) is 9.97 Å². The van der Waals surface area contributed by atoms with Gasteiger partial charge in [0.2, 0.25) is 5.95 Å². The van der Waals surface area contributed by atoms with Gasteiger partial charge in [-0.05, 0) is 38.6 Å². The first-order valence-electron chi connectivity index (χ1n) is 12.4. The van der Waals surface area contributed by atoms with Crippen molar-refractivity contribution in [1.82, 2.24) is 29.8 Å². The van der Waals surface area contributed by atoms with E-state index in [-0.39, 0.29) is 0 Å². The average Bonchev–Trinajstić information content (AvgIpc) is 3.33. The lowest BCUT2D eigenvalue weighted by atomic mass is 10.0. The predicted octanol–water partition coefficient (Wildman–Crippen LogP) is 5.32. The number of rotatable bonds is 5. The van der Waals surface area contributed by atoms with Crippen molar-refractivity contribution in [3.05, 3.63) is 72.2 Å². The maximum absolute atomic E-state index is 4.93. The first-order valence-corrected chi connectivity index (χ1v) is 13.2. The third kappa shape index (κ3) is 5.00. The van der Waals surface area contributed by atoms with Gasteiger partial charge >= 0.3 is 0 Å². The van der Waals surface area contributed by atoms with Crippen LogP contribution in [-0.4, -0.2) is 63.0 Å². The summed E-state index contributed by atoms with van der Waals surface area (Å²) < 4.78 is 1.04. The van der Waals surface area contributed by atoms with Gasteiger partial charge in [-0.15, -0.1) is 11.3 Å². The van der Waals surface area contributed by atoms with Gasteiger partial charge in [0.1, 0.15) is 16.6 Å². The summed E-state index contributed by atoms with van der Waals surface area (Å²) in [6.45, 7) is 7.94. The van der Waals surface area contributed by atoms with Gasteiger partial charge in [0.15, 0.2) is 0 Å². The zero-order valence-corrected chi connectivity index (χ0v) is 22.0. The predicted molar refractivity (Wildman–Crippen MR) is 151 cm³/mol. The van der Waals surface area contributed by atoms with Crippen molar-refractivity contribution in [3.8, 4) is 21.8 Å². The maximum Gasteiger partial charge on any atom is 0.227 e. The van der Waals surface area contributed by atoms with Gasteiger partial charge in [-0.1, -0.05) is 24.3 Å². The van der Waals surface area contributed by atoms with Crippen LogP contribution >= 0.6 is 11.3 Å². The minimum absolute atomic E-state index is 0.713. The molecule has 0 saturated carbocycles. The summed E-state index contributed by atoms with van der Waals surface area (Å²) in [6.07, 6.45) is 3.71. The third-order valence-electron chi connectivity index (χ3n) is 6.55. The van der Waals surface area contributed by atoms with Crippen molar-refractivity contribution in [2.45, 2.75) is 13.8 Å². The number of hydrogen-bond donors (Lipinski definition) is 1. The molecule has 0 atom stereocenters. The smallest absolute Gasteiger partial charge is 0.227 e. The topological polar surface area (TPSA) is 83.0 Å². The van der Waals surface area contributed by atoms with Crippen molar-refractivity contribution in [2.75, 3.05) is 43.4 Å². The van der Waals surface area contributed by atoms with Crippen LogP contribution in [0.5, 0.6) is 0 Å². The summed E-state index contributed by atoms with van der Waals surface area (Å²) in [5.74, 6) is 2.21. The van der Waals surface area contributed by atoms with Crippen molar-refractivity contribution < 1.29 is 0 Å². The van der Waals surface area contributed by atoms with E-state index in [1.807, 2.05) is 37.5 Å². The molecule has 1 N–H and O–H groups in total. The maximum atomic E-state index is 4.93. The molecule has 6 rings (SSSR count). The standard InChI is InChI=1S/C28H28N8S/c1-18-6-5-9-29-26(18)20-7-4-8-21(15-20)27-32-22-16-24(30-17-23(22)37-27)33-25-14-19(2)31-28(34-25)36-12-10-35(3)11-13-36/h4-9,14-17H,10-13H2,1-3H3,(H,30,31,33,34). The number of benzene rings is 1. The summed E-state index contributed by atoms with van der Waals surface area (Å²) >= 11 is 1.64. The zero-order chi connectivity index (χ0) is 25.4. The fourth-order valence-electron chi connectivity index (χ4n) is 4.51. The van der Waals surface area contributed by atoms with Crippen molar-refractivity contribution in [1.29, 1.82) is 0 Å². The van der Waals surface area contributed by atoms with Crippen LogP contribution in [0.15, 0.2) is 60.9 Å². The highest BCUT2D eigenvalue weighted by molar-refractivity contribution is 7.21. The van der Waals surface area contributed by atoms with Crippen molar-refractivity contribution in [3.63, 3.8) is 0 Å². The number of thiazole rings is 1. The molecule has 186 valence electrons. The normalized spacial score (nSPS) is 14.3. The number of anilines is 3. The van der Waals surface area contributed by atoms with Crippen LogP contribution in [0.4, 0.5) is 17.6 Å². The molecule has 1 saturated heterocycles. The van der Waals surface area contributed by atoms with E-state index in [0.717, 1.165) is 81.2 Å². The summed E-state index contributed by atoms with van der Waals surface area (Å²) in [5, 5.41) is 4.33. The molecule has 0 unspecified atom stereocenters. The van der Waals surface area contributed by atoms with Gasteiger partial charge in [-0.3, -0.25) is 4.98 Å². The van der Waals surface area contributed by atoms with Crippen LogP contribution in [0.1, 0.15) is 11.3 Å². The van der Waals surface area contributed by atoms with Crippen LogP contribution in [0, 0.1) is 13.8 Å². The number of likely N-dealkylation sites (N-methyl/N-ethyl adjacent to an activating group) is 1. The van der Waals surface area contributed by atoms with Crippen molar-refractivity contribution >= 4 is 39.1 Å². The number of aryl methyl sites for hydroxylation is 2. The lowest BCUT2D eigenvalue weighted by Crippen LogP contribution is -2.45. The molecule has 0 amide bonds. The molecule has 1 fully saturated rings. The molecule has 0 radical (unpaired) electrons. The number of fused-ring (bicyclic) bond motifs is 1. The van der Waals surface area contributed by atoms with Gasteiger partial charge < -0.3 is 15.1 Å². The van der Waals surface area contributed by atoms with Crippen LogP contribution in [-0.2, 0) is 0 Å². The Morgan fingerprint density at radius 2 is 1.68 bits per heavy atom. The Kier molecular flexibility index (Phi) is 6.23. The van der Waals surface area contributed by atoms with Gasteiger partial charge in [0, 0.05) is 67.5 Å². The molecule has 37 heavy (non-hydrogen) atoms. The average molecular weight is 509 g/mol.